The Morgan fingerprint density at radius 1 is 1.11 bits per heavy atom. The summed E-state index contributed by atoms with van der Waals surface area (Å²) in [7, 11) is 0. The minimum Gasteiger partial charge on any atom is -0.0654 e. The summed E-state index contributed by atoms with van der Waals surface area (Å²) in [6.45, 7) is 7.05. The molecule has 0 aromatic heterocycles. The van der Waals surface area contributed by atoms with E-state index in [1.54, 1.807) is 5.56 Å². The highest BCUT2D eigenvalue weighted by Gasteiger charge is 2.50. The van der Waals surface area contributed by atoms with E-state index in [1.807, 2.05) is 0 Å². The number of hydrogen-bond donors (Lipinski definition) is 0. The lowest BCUT2D eigenvalue weighted by Crippen LogP contribution is -2.25. The van der Waals surface area contributed by atoms with Crippen LogP contribution in [0.3, 0.4) is 0 Å². The quantitative estimate of drug-likeness (QED) is 0.686. The van der Waals surface area contributed by atoms with Gasteiger partial charge in [-0.05, 0) is 54.9 Å². The molecule has 2 fully saturated rings. The lowest BCUT2D eigenvalue weighted by molar-refractivity contribution is 0.202. The molecule has 0 heterocycles. The normalized spacial score (nSPS) is 38.3. The fourth-order valence-electron chi connectivity index (χ4n) is 4.82. The van der Waals surface area contributed by atoms with Crippen LogP contribution in [0.2, 0.25) is 0 Å². The molecular formula is C18H26. The molecule has 0 nitrogen and oxygen atoms in total. The molecular weight excluding hydrogens is 216 g/mol. The van der Waals surface area contributed by atoms with Gasteiger partial charge in [-0.25, -0.2) is 0 Å². The van der Waals surface area contributed by atoms with Crippen molar-refractivity contribution in [3.63, 3.8) is 0 Å². The van der Waals surface area contributed by atoms with E-state index in [2.05, 4.69) is 45.0 Å². The number of hydrogen-bond acceptors (Lipinski definition) is 0. The van der Waals surface area contributed by atoms with Gasteiger partial charge >= 0.3 is 0 Å². The second-order valence-corrected chi connectivity index (χ2v) is 6.72. The van der Waals surface area contributed by atoms with Crippen molar-refractivity contribution in [2.45, 2.75) is 52.4 Å². The van der Waals surface area contributed by atoms with Crippen LogP contribution in [0.5, 0.6) is 0 Å². The van der Waals surface area contributed by atoms with Gasteiger partial charge in [-0.2, -0.15) is 0 Å². The average Bonchev–Trinajstić information content (AvgIpc) is 2.91. The molecule has 0 heteroatoms. The van der Waals surface area contributed by atoms with E-state index in [4.69, 9.17) is 0 Å². The topological polar surface area (TPSA) is 0 Å². The first-order chi connectivity index (χ1) is 8.70. The third kappa shape index (κ3) is 1.90. The number of benzene rings is 1. The molecule has 0 N–H and O–H groups in total. The van der Waals surface area contributed by atoms with E-state index in [-0.39, 0.29) is 0 Å². The van der Waals surface area contributed by atoms with Crippen LogP contribution in [0.15, 0.2) is 24.3 Å². The van der Waals surface area contributed by atoms with Crippen LogP contribution >= 0.6 is 0 Å². The van der Waals surface area contributed by atoms with Crippen LogP contribution in [0.25, 0.3) is 0 Å². The van der Waals surface area contributed by atoms with Crippen molar-refractivity contribution in [2.24, 2.45) is 23.7 Å². The first-order valence-electron chi connectivity index (χ1n) is 7.77. The SMILES string of the molecule is CCCC1C2CC(c3ccc(C)cc3)C(C2)C1C. The first kappa shape index (κ1) is 12.3. The lowest BCUT2D eigenvalue weighted by atomic mass is 9.71. The van der Waals surface area contributed by atoms with Gasteiger partial charge < -0.3 is 0 Å². The molecule has 1 aromatic rings. The molecule has 0 radical (unpaired) electrons. The van der Waals surface area contributed by atoms with Crippen LogP contribution in [-0.2, 0) is 0 Å². The summed E-state index contributed by atoms with van der Waals surface area (Å²) in [6, 6.07) is 9.33. The molecule has 2 saturated carbocycles. The summed E-state index contributed by atoms with van der Waals surface area (Å²) >= 11 is 0. The second-order valence-electron chi connectivity index (χ2n) is 6.72. The zero-order valence-corrected chi connectivity index (χ0v) is 12.0. The number of rotatable bonds is 3. The van der Waals surface area contributed by atoms with Gasteiger partial charge in [-0.3, -0.25) is 0 Å². The second kappa shape index (κ2) is 4.72. The van der Waals surface area contributed by atoms with E-state index in [1.165, 1.54) is 31.2 Å². The Kier molecular flexibility index (Phi) is 3.21. The summed E-state index contributed by atoms with van der Waals surface area (Å²) in [4.78, 5) is 0. The highest BCUT2D eigenvalue weighted by molar-refractivity contribution is 5.27. The van der Waals surface area contributed by atoms with Crippen molar-refractivity contribution in [2.75, 3.05) is 0 Å². The highest BCUT2D eigenvalue weighted by atomic mass is 14.5. The van der Waals surface area contributed by atoms with Crippen molar-refractivity contribution in [3.8, 4) is 0 Å². The van der Waals surface area contributed by atoms with Gasteiger partial charge in [-0.1, -0.05) is 56.5 Å². The van der Waals surface area contributed by atoms with Gasteiger partial charge in [0, 0.05) is 0 Å². The molecule has 2 aliphatic carbocycles. The van der Waals surface area contributed by atoms with Crippen molar-refractivity contribution in [3.05, 3.63) is 35.4 Å². The molecule has 0 aliphatic heterocycles. The van der Waals surface area contributed by atoms with E-state index in [0.717, 1.165) is 29.6 Å². The predicted octanol–water partition coefficient (Wildman–Crippen LogP) is 5.17. The summed E-state index contributed by atoms with van der Waals surface area (Å²) in [6.07, 6.45) is 5.80. The summed E-state index contributed by atoms with van der Waals surface area (Å²) < 4.78 is 0. The lowest BCUT2D eigenvalue weighted by Gasteiger charge is -2.34. The molecule has 98 valence electrons. The smallest absolute Gasteiger partial charge is 0.0128 e. The van der Waals surface area contributed by atoms with Crippen LogP contribution < -0.4 is 0 Å². The van der Waals surface area contributed by atoms with Crippen LogP contribution in [0.1, 0.15) is 56.6 Å². The average molecular weight is 242 g/mol. The van der Waals surface area contributed by atoms with Crippen molar-refractivity contribution in [1.82, 2.24) is 0 Å². The Morgan fingerprint density at radius 3 is 2.44 bits per heavy atom. The maximum Gasteiger partial charge on any atom is -0.0128 e. The third-order valence-electron chi connectivity index (χ3n) is 5.73. The fourth-order valence-corrected chi connectivity index (χ4v) is 4.82. The van der Waals surface area contributed by atoms with Crippen LogP contribution in [0, 0.1) is 30.6 Å². The molecule has 1 aromatic carbocycles. The van der Waals surface area contributed by atoms with Crippen molar-refractivity contribution < 1.29 is 0 Å². The third-order valence-corrected chi connectivity index (χ3v) is 5.73. The Labute approximate surface area is 112 Å². The molecule has 0 amide bonds. The largest absolute Gasteiger partial charge is 0.0654 e. The van der Waals surface area contributed by atoms with E-state index < -0.39 is 0 Å². The first-order valence-corrected chi connectivity index (χ1v) is 7.77. The Bertz CT molecular complexity index is 401. The Morgan fingerprint density at radius 2 is 1.83 bits per heavy atom. The minimum atomic E-state index is 0.860. The molecule has 0 spiro atoms. The Balaban J connectivity index is 1.77. The van der Waals surface area contributed by atoms with E-state index >= 15 is 0 Å². The summed E-state index contributed by atoms with van der Waals surface area (Å²) in [5, 5.41) is 0. The fraction of sp³-hybridized carbons (Fsp3) is 0.667. The maximum atomic E-state index is 2.52. The van der Waals surface area contributed by atoms with E-state index in [0.29, 0.717) is 0 Å². The van der Waals surface area contributed by atoms with Crippen molar-refractivity contribution in [1.29, 1.82) is 0 Å². The van der Waals surface area contributed by atoms with Gasteiger partial charge in [0.25, 0.3) is 0 Å². The monoisotopic (exact) mass is 242 g/mol. The molecule has 18 heavy (non-hydrogen) atoms. The maximum absolute atomic E-state index is 2.52. The predicted molar refractivity (Wildman–Crippen MR) is 77.7 cm³/mol. The van der Waals surface area contributed by atoms with Gasteiger partial charge in [0.1, 0.15) is 0 Å². The highest BCUT2D eigenvalue weighted by Crippen LogP contribution is 2.59. The van der Waals surface area contributed by atoms with E-state index in [9.17, 15) is 0 Å². The zero-order valence-electron chi connectivity index (χ0n) is 12.0. The molecule has 5 unspecified atom stereocenters. The molecule has 2 aliphatic rings. The molecule has 0 saturated heterocycles. The zero-order chi connectivity index (χ0) is 12.7. The standard InChI is InChI=1S/C18H26/c1-4-5-16-13(3)17-10-15(16)11-18(17)14-8-6-12(2)7-9-14/h6-9,13,15-18H,4-5,10-11H2,1-3H3. The Hall–Kier alpha value is -0.780. The molecule has 2 bridgehead atoms. The summed E-state index contributed by atoms with van der Waals surface area (Å²) in [5.74, 6) is 4.83. The van der Waals surface area contributed by atoms with Gasteiger partial charge in [0.2, 0.25) is 0 Å². The number of fused-ring (bicyclic) bond motifs is 2. The van der Waals surface area contributed by atoms with Crippen LogP contribution in [-0.4, -0.2) is 0 Å². The van der Waals surface area contributed by atoms with Crippen molar-refractivity contribution >= 4 is 0 Å². The summed E-state index contributed by atoms with van der Waals surface area (Å²) in [5.41, 5.74) is 2.99. The molecule has 3 rings (SSSR count). The minimum absolute atomic E-state index is 0.860. The van der Waals surface area contributed by atoms with Gasteiger partial charge in [-0.15, -0.1) is 0 Å². The molecule has 5 atom stereocenters. The number of aryl methyl sites for hydroxylation is 1. The van der Waals surface area contributed by atoms with Crippen LogP contribution in [0.4, 0.5) is 0 Å². The van der Waals surface area contributed by atoms with Gasteiger partial charge in [0.15, 0.2) is 0 Å². The van der Waals surface area contributed by atoms with Gasteiger partial charge in [0.05, 0.1) is 0 Å².